The number of hydrogen-bond donors (Lipinski definition) is 3. The summed E-state index contributed by atoms with van der Waals surface area (Å²) in [4.78, 5) is 30.6. The fourth-order valence-electron chi connectivity index (χ4n) is 5.19. The van der Waals surface area contributed by atoms with Crippen molar-refractivity contribution in [2.75, 3.05) is 56.1 Å². The standard InChI is InChI=1S/C28H33ClF5N5O3/c29-19-5-7-22(23(15-19)38-13-11-37(12-14-38)10-8-28(32,33)34)36-26(41)21-6-4-18(24(30)25(21)31)16-35-27(42)39-9-2-1-3-20(39)17-40/h4-7,15,20,40H,1-3,8-14,16-17H2,(H,35,42)(H,36,41). The molecule has 2 aromatic carbocycles. The summed E-state index contributed by atoms with van der Waals surface area (Å²) >= 11 is 6.17. The van der Waals surface area contributed by atoms with Gasteiger partial charge in [0.1, 0.15) is 0 Å². The van der Waals surface area contributed by atoms with Crippen LogP contribution in [0.5, 0.6) is 0 Å². The summed E-state index contributed by atoms with van der Waals surface area (Å²) in [5.41, 5.74) is 0.0945. The molecule has 0 spiro atoms. The van der Waals surface area contributed by atoms with E-state index in [0.29, 0.717) is 49.9 Å². The Kier molecular flexibility index (Phi) is 10.5. The molecule has 0 aliphatic carbocycles. The maximum Gasteiger partial charge on any atom is 0.390 e. The Hall–Kier alpha value is -3.16. The van der Waals surface area contributed by atoms with Crippen molar-refractivity contribution >= 4 is 34.9 Å². The maximum atomic E-state index is 15.0. The van der Waals surface area contributed by atoms with Gasteiger partial charge >= 0.3 is 12.2 Å². The zero-order chi connectivity index (χ0) is 30.4. The molecule has 2 fully saturated rings. The molecule has 2 saturated heterocycles. The number of piperidine rings is 1. The predicted molar refractivity (Wildman–Crippen MR) is 149 cm³/mol. The molecule has 1 atom stereocenters. The highest BCUT2D eigenvalue weighted by molar-refractivity contribution is 6.31. The second kappa shape index (κ2) is 13.9. The molecule has 1 unspecified atom stereocenters. The molecule has 2 aliphatic rings. The number of aliphatic hydroxyl groups excluding tert-OH is 1. The van der Waals surface area contributed by atoms with Crippen LogP contribution in [0.4, 0.5) is 38.1 Å². The maximum absolute atomic E-state index is 15.0. The molecule has 0 bridgehead atoms. The summed E-state index contributed by atoms with van der Waals surface area (Å²) in [6.45, 7) is 1.33. The second-order valence-electron chi connectivity index (χ2n) is 10.4. The highest BCUT2D eigenvalue weighted by Gasteiger charge is 2.30. The highest BCUT2D eigenvalue weighted by atomic mass is 35.5. The van der Waals surface area contributed by atoms with Crippen molar-refractivity contribution in [1.29, 1.82) is 0 Å². The van der Waals surface area contributed by atoms with Gasteiger partial charge < -0.3 is 25.5 Å². The van der Waals surface area contributed by atoms with E-state index in [1.165, 1.54) is 23.1 Å². The fraction of sp³-hybridized carbons (Fsp3) is 0.500. The Morgan fingerprint density at radius 1 is 1.00 bits per heavy atom. The summed E-state index contributed by atoms with van der Waals surface area (Å²) in [5, 5.41) is 15.0. The van der Waals surface area contributed by atoms with Gasteiger partial charge in [0.25, 0.3) is 5.91 Å². The van der Waals surface area contributed by atoms with Gasteiger partial charge in [-0.3, -0.25) is 9.69 Å². The average Bonchev–Trinajstić information content (AvgIpc) is 2.97. The highest BCUT2D eigenvalue weighted by Crippen LogP contribution is 2.31. The number of alkyl halides is 3. The molecule has 0 saturated carbocycles. The summed E-state index contributed by atoms with van der Waals surface area (Å²) in [6.07, 6.45) is -2.81. The minimum Gasteiger partial charge on any atom is -0.394 e. The quantitative estimate of drug-likeness (QED) is 0.363. The molecular weight excluding hydrogens is 585 g/mol. The van der Waals surface area contributed by atoms with Crippen LogP contribution >= 0.6 is 11.6 Å². The van der Waals surface area contributed by atoms with Gasteiger partial charge in [-0.05, 0) is 43.5 Å². The number of likely N-dealkylation sites (tertiary alicyclic amines) is 1. The first-order chi connectivity index (χ1) is 20.0. The molecule has 2 aliphatic heterocycles. The number of rotatable bonds is 8. The molecule has 2 aromatic rings. The number of hydrogen-bond acceptors (Lipinski definition) is 5. The number of nitrogens with one attached hydrogen (secondary N) is 2. The van der Waals surface area contributed by atoms with E-state index in [9.17, 15) is 32.3 Å². The first-order valence-corrected chi connectivity index (χ1v) is 14.1. The van der Waals surface area contributed by atoms with Crippen molar-refractivity contribution < 1.29 is 36.6 Å². The molecule has 230 valence electrons. The van der Waals surface area contributed by atoms with Gasteiger partial charge in [-0.2, -0.15) is 13.2 Å². The van der Waals surface area contributed by atoms with Crippen molar-refractivity contribution in [3.05, 3.63) is 58.1 Å². The number of carbonyl (C=O) groups is 2. The minimum absolute atomic E-state index is 0.109. The van der Waals surface area contributed by atoms with Gasteiger partial charge in [-0.15, -0.1) is 0 Å². The van der Waals surface area contributed by atoms with Gasteiger partial charge in [0.2, 0.25) is 0 Å². The Morgan fingerprint density at radius 3 is 2.43 bits per heavy atom. The first kappa shape index (κ1) is 31.8. The smallest absolute Gasteiger partial charge is 0.390 e. The number of anilines is 2. The lowest BCUT2D eigenvalue weighted by Gasteiger charge is -2.37. The molecule has 3 N–H and O–H groups in total. The summed E-state index contributed by atoms with van der Waals surface area (Å²) in [5.74, 6) is -3.56. The van der Waals surface area contributed by atoms with E-state index in [4.69, 9.17) is 11.6 Å². The number of aliphatic hydroxyl groups is 1. The van der Waals surface area contributed by atoms with Crippen molar-refractivity contribution in [1.82, 2.24) is 15.1 Å². The number of urea groups is 1. The zero-order valence-electron chi connectivity index (χ0n) is 22.8. The number of benzene rings is 2. The van der Waals surface area contributed by atoms with E-state index in [2.05, 4.69) is 10.6 Å². The largest absolute Gasteiger partial charge is 0.394 e. The van der Waals surface area contributed by atoms with Crippen molar-refractivity contribution in [2.24, 2.45) is 0 Å². The van der Waals surface area contributed by atoms with Gasteiger partial charge in [-0.1, -0.05) is 17.7 Å². The van der Waals surface area contributed by atoms with Crippen molar-refractivity contribution in [3.8, 4) is 0 Å². The third kappa shape index (κ3) is 8.01. The van der Waals surface area contributed by atoms with E-state index in [1.54, 1.807) is 11.0 Å². The zero-order valence-corrected chi connectivity index (χ0v) is 23.6. The Balaban J connectivity index is 1.40. The Bertz CT molecular complexity index is 1270. The van der Waals surface area contributed by atoms with Crippen LogP contribution in [0.1, 0.15) is 41.6 Å². The number of piperazine rings is 1. The van der Waals surface area contributed by atoms with Crippen molar-refractivity contribution in [2.45, 2.75) is 44.4 Å². The molecule has 0 radical (unpaired) electrons. The van der Waals surface area contributed by atoms with Crippen LogP contribution < -0.4 is 15.5 Å². The van der Waals surface area contributed by atoms with Crippen LogP contribution in [-0.2, 0) is 6.54 Å². The Labute approximate surface area is 245 Å². The van der Waals surface area contributed by atoms with Gasteiger partial charge in [-0.25, -0.2) is 13.6 Å². The van der Waals surface area contributed by atoms with E-state index in [0.717, 1.165) is 18.9 Å². The normalized spacial score (nSPS) is 18.2. The third-order valence-electron chi connectivity index (χ3n) is 7.57. The lowest BCUT2D eigenvalue weighted by atomic mass is 10.0. The number of carbonyl (C=O) groups excluding carboxylic acids is 2. The van der Waals surface area contributed by atoms with E-state index < -0.39 is 41.7 Å². The molecule has 8 nitrogen and oxygen atoms in total. The van der Waals surface area contributed by atoms with Crippen LogP contribution in [0.3, 0.4) is 0 Å². The predicted octanol–water partition coefficient (Wildman–Crippen LogP) is 5.00. The fourth-order valence-corrected chi connectivity index (χ4v) is 5.36. The van der Waals surface area contributed by atoms with E-state index in [-0.39, 0.29) is 37.0 Å². The number of halogens is 6. The summed E-state index contributed by atoms with van der Waals surface area (Å²) < 4.78 is 67.7. The molecule has 42 heavy (non-hydrogen) atoms. The molecular formula is C28H33ClF5N5O3. The van der Waals surface area contributed by atoms with E-state index >= 15 is 4.39 Å². The lowest BCUT2D eigenvalue weighted by molar-refractivity contribution is -0.138. The van der Waals surface area contributed by atoms with Gasteiger partial charge in [0.15, 0.2) is 11.6 Å². The van der Waals surface area contributed by atoms with Gasteiger partial charge in [0, 0.05) is 56.4 Å². The molecule has 0 aromatic heterocycles. The van der Waals surface area contributed by atoms with Crippen LogP contribution in [0.15, 0.2) is 30.3 Å². The monoisotopic (exact) mass is 617 g/mol. The topological polar surface area (TPSA) is 88.2 Å². The molecule has 4 rings (SSSR count). The SMILES string of the molecule is O=C(Nc1ccc(Cl)cc1N1CCN(CCC(F)(F)F)CC1)c1ccc(CNC(=O)N2CCCCC2CO)c(F)c1F. The molecule has 14 heteroatoms. The number of amides is 3. The first-order valence-electron chi connectivity index (χ1n) is 13.7. The summed E-state index contributed by atoms with van der Waals surface area (Å²) in [7, 11) is 0. The van der Waals surface area contributed by atoms with Crippen LogP contribution in [0, 0.1) is 11.6 Å². The number of nitrogens with zero attached hydrogens (tertiary/aromatic N) is 3. The molecule has 2 heterocycles. The van der Waals surface area contributed by atoms with Gasteiger partial charge in [0.05, 0.1) is 36.0 Å². The average molecular weight is 618 g/mol. The Morgan fingerprint density at radius 2 is 1.74 bits per heavy atom. The summed E-state index contributed by atoms with van der Waals surface area (Å²) in [6, 6.07) is 6.15. The minimum atomic E-state index is -4.24. The molecule has 3 amide bonds. The van der Waals surface area contributed by atoms with Crippen LogP contribution in [0.25, 0.3) is 0 Å². The van der Waals surface area contributed by atoms with Crippen LogP contribution in [0.2, 0.25) is 5.02 Å². The lowest BCUT2D eigenvalue weighted by Crippen LogP contribution is -2.49. The third-order valence-corrected chi connectivity index (χ3v) is 7.80. The van der Waals surface area contributed by atoms with Crippen LogP contribution in [-0.4, -0.2) is 84.9 Å². The second-order valence-corrected chi connectivity index (χ2v) is 10.8. The van der Waals surface area contributed by atoms with E-state index in [1.807, 2.05) is 4.90 Å². The van der Waals surface area contributed by atoms with Crippen molar-refractivity contribution in [3.63, 3.8) is 0 Å².